The molecular formula is C15H22N2O4S. The van der Waals surface area contributed by atoms with Crippen LogP contribution in [0.3, 0.4) is 0 Å². The number of thioether (sulfide) groups is 1. The van der Waals surface area contributed by atoms with E-state index in [1.807, 2.05) is 40.0 Å². The minimum atomic E-state index is -0.685. The van der Waals surface area contributed by atoms with Gasteiger partial charge >= 0.3 is 0 Å². The third kappa shape index (κ3) is 3.28. The summed E-state index contributed by atoms with van der Waals surface area (Å²) in [5.74, 6) is -1.28. The molecule has 2 fully saturated rings. The van der Waals surface area contributed by atoms with Gasteiger partial charge in [0.05, 0.1) is 12.3 Å². The van der Waals surface area contributed by atoms with Crippen molar-refractivity contribution in [3.05, 3.63) is 18.0 Å². The molecule has 3 atom stereocenters. The Morgan fingerprint density at radius 1 is 1.14 bits per heavy atom. The Bertz CT molecular complexity index is 552. The molecule has 0 amide bonds. The molecule has 2 saturated heterocycles. The van der Waals surface area contributed by atoms with Crippen molar-refractivity contribution in [3.8, 4) is 0 Å². The van der Waals surface area contributed by atoms with Crippen LogP contribution in [0.25, 0.3) is 0 Å². The highest BCUT2D eigenvalue weighted by Crippen LogP contribution is 2.42. The minimum absolute atomic E-state index is 0.186. The largest absolute Gasteiger partial charge is 0.348 e. The number of aromatic nitrogens is 2. The first-order chi connectivity index (χ1) is 10.3. The van der Waals surface area contributed by atoms with E-state index < -0.39 is 11.6 Å². The predicted octanol–water partition coefficient (Wildman–Crippen LogP) is 2.54. The monoisotopic (exact) mass is 326 g/mol. The van der Waals surface area contributed by atoms with Gasteiger partial charge in [0.1, 0.15) is 18.3 Å². The number of hydrogen-bond acceptors (Lipinski definition) is 7. The molecule has 3 heterocycles. The lowest BCUT2D eigenvalue weighted by atomic mass is 10.1. The number of ether oxygens (including phenoxy) is 4. The SMILES string of the molecule is CSc1nccc([C@H]2OC(C)(C)O[C@@H]2[C@H]2COC(C)(C)O2)n1. The van der Waals surface area contributed by atoms with Gasteiger partial charge in [-0.3, -0.25) is 0 Å². The van der Waals surface area contributed by atoms with Gasteiger partial charge in [-0.15, -0.1) is 0 Å². The molecule has 1 aromatic heterocycles. The smallest absolute Gasteiger partial charge is 0.187 e. The molecule has 2 aliphatic heterocycles. The highest BCUT2D eigenvalue weighted by atomic mass is 32.2. The highest BCUT2D eigenvalue weighted by Gasteiger charge is 2.50. The van der Waals surface area contributed by atoms with Gasteiger partial charge in [0, 0.05) is 6.20 Å². The highest BCUT2D eigenvalue weighted by molar-refractivity contribution is 7.98. The van der Waals surface area contributed by atoms with Crippen molar-refractivity contribution >= 4 is 11.8 Å². The lowest BCUT2D eigenvalue weighted by Crippen LogP contribution is -2.35. The topological polar surface area (TPSA) is 62.7 Å². The summed E-state index contributed by atoms with van der Waals surface area (Å²) in [6.07, 6.45) is 2.95. The lowest BCUT2D eigenvalue weighted by Gasteiger charge is -2.23. The third-order valence-corrected chi connectivity index (χ3v) is 4.22. The molecule has 0 spiro atoms. The minimum Gasteiger partial charge on any atom is -0.348 e. The van der Waals surface area contributed by atoms with Gasteiger partial charge in [-0.05, 0) is 40.0 Å². The van der Waals surface area contributed by atoms with Crippen LogP contribution in [-0.4, -0.2) is 46.6 Å². The molecule has 0 N–H and O–H groups in total. The molecule has 0 unspecified atom stereocenters. The molecule has 2 aliphatic rings. The Morgan fingerprint density at radius 3 is 2.55 bits per heavy atom. The van der Waals surface area contributed by atoms with Crippen LogP contribution in [0.1, 0.15) is 39.5 Å². The van der Waals surface area contributed by atoms with Gasteiger partial charge in [-0.1, -0.05) is 11.8 Å². The first kappa shape index (κ1) is 16.1. The first-order valence-electron chi connectivity index (χ1n) is 7.34. The summed E-state index contributed by atoms with van der Waals surface area (Å²) >= 11 is 1.50. The molecule has 0 radical (unpaired) electrons. The van der Waals surface area contributed by atoms with Crippen molar-refractivity contribution in [2.75, 3.05) is 12.9 Å². The number of nitrogens with zero attached hydrogens (tertiary/aromatic N) is 2. The summed E-state index contributed by atoms with van der Waals surface area (Å²) in [6.45, 7) is 8.09. The second-order valence-corrected chi connectivity index (χ2v) is 7.13. The van der Waals surface area contributed by atoms with Gasteiger partial charge in [-0.2, -0.15) is 0 Å². The molecule has 3 rings (SSSR count). The van der Waals surface area contributed by atoms with E-state index in [0.29, 0.717) is 11.8 Å². The van der Waals surface area contributed by atoms with Crippen LogP contribution < -0.4 is 0 Å². The second kappa shape index (κ2) is 5.72. The van der Waals surface area contributed by atoms with Crippen molar-refractivity contribution in [1.82, 2.24) is 9.97 Å². The zero-order valence-electron chi connectivity index (χ0n) is 13.5. The van der Waals surface area contributed by atoms with Gasteiger partial charge in [-0.25, -0.2) is 9.97 Å². The van der Waals surface area contributed by atoms with Gasteiger partial charge in [0.25, 0.3) is 0 Å². The zero-order chi connectivity index (χ0) is 16.0. The van der Waals surface area contributed by atoms with E-state index in [1.165, 1.54) is 11.8 Å². The van der Waals surface area contributed by atoms with Crippen molar-refractivity contribution in [3.63, 3.8) is 0 Å². The maximum Gasteiger partial charge on any atom is 0.187 e. The van der Waals surface area contributed by atoms with Gasteiger partial charge < -0.3 is 18.9 Å². The molecule has 0 aromatic carbocycles. The molecule has 0 saturated carbocycles. The number of hydrogen-bond donors (Lipinski definition) is 0. The molecule has 6 nitrogen and oxygen atoms in total. The normalized spacial score (nSPS) is 33.2. The Hall–Kier alpha value is -0.730. The fourth-order valence-corrected chi connectivity index (χ4v) is 3.14. The summed E-state index contributed by atoms with van der Waals surface area (Å²) in [7, 11) is 0. The van der Waals surface area contributed by atoms with Gasteiger partial charge in [0.2, 0.25) is 0 Å². The standard InChI is InChI=1S/C15H22N2O4S/c1-14(2)18-8-10(19-14)12-11(20-15(3,4)21-12)9-6-7-16-13(17-9)22-5/h6-7,10-12H,8H2,1-5H3/t10-,11-,12-/m1/s1. The van der Waals surface area contributed by atoms with Crippen LogP contribution >= 0.6 is 11.8 Å². The van der Waals surface area contributed by atoms with Crippen molar-refractivity contribution in [2.45, 2.75) is 62.7 Å². The Labute approximate surface area is 134 Å². The molecule has 1 aromatic rings. The Morgan fingerprint density at radius 2 is 1.91 bits per heavy atom. The maximum absolute atomic E-state index is 6.07. The van der Waals surface area contributed by atoms with E-state index in [4.69, 9.17) is 18.9 Å². The lowest BCUT2D eigenvalue weighted by molar-refractivity contribution is -0.174. The molecular weight excluding hydrogens is 304 g/mol. The second-order valence-electron chi connectivity index (χ2n) is 6.36. The van der Waals surface area contributed by atoms with Crippen molar-refractivity contribution < 1.29 is 18.9 Å². The van der Waals surface area contributed by atoms with Gasteiger partial charge in [0.15, 0.2) is 16.7 Å². The van der Waals surface area contributed by atoms with Crippen LogP contribution in [0.2, 0.25) is 0 Å². The molecule has 0 bridgehead atoms. The van der Waals surface area contributed by atoms with Crippen LogP contribution in [0, 0.1) is 0 Å². The summed E-state index contributed by atoms with van der Waals surface area (Å²) in [5, 5.41) is 0.716. The van der Waals surface area contributed by atoms with Crippen molar-refractivity contribution in [1.29, 1.82) is 0 Å². The Kier molecular flexibility index (Phi) is 4.20. The van der Waals surface area contributed by atoms with Crippen LogP contribution in [0.4, 0.5) is 0 Å². The van der Waals surface area contributed by atoms with E-state index in [-0.39, 0.29) is 18.3 Å². The quantitative estimate of drug-likeness (QED) is 0.625. The molecule has 0 aliphatic carbocycles. The van der Waals surface area contributed by atoms with E-state index in [9.17, 15) is 0 Å². The first-order valence-corrected chi connectivity index (χ1v) is 8.56. The third-order valence-electron chi connectivity index (χ3n) is 3.65. The summed E-state index contributed by atoms with van der Waals surface area (Å²) in [5.41, 5.74) is 0.809. The molecule has 7 heteroatoms. The number of rotatable bonds is 3. The summed E-state index contributed by atoms with van der Waals surface area (Å²) < 4.78 is 23.8. The molecule has 22 heavy (non-hydrogen) atoms. The van der Waals surface area contributed by atoms with E-state index >= 15 is 0 Å². The average molecular weight is 326 g/mol. The Balaban J connectivity index is 1.87. The van der Waals surface area contributed by atoms with E-state index in [1.54, 1.807) is 6.20 Å². The van der Waals surface area contributed by atoms with E-state index in [0.717, 1.165) is 5.69 Å². The zero-order valence-corrected chi connectivity index (χ0v) is 14.3. The van der Waals surface area contributed by atoms with E-state index in [2.05, 4.69) is 9.97 Å². The molecule has 122 valence electrons. The van der Waals surface area contributed by atoms with Crippen LogP contribution in [0.15, 0.2) is 17.4 Å². The predicted molar refractivity (Wildman–Crippen MR) is 81.5 cm³/mol. The van der Waals surface area contributed by atoms with Crippen LogP contribution in [0.5, 0.6) is 0 Å². The fourth-order valence-electron chi connectivity index (χ4n) is 2.78. The van der Waals surface area contributed by atoms with Crippen molar-refractivity contribution in [2.24, 2.45) is 0 Å². The summed E-state index contributed by atoms with van der Waals surface area (Å²) in [4.78, 5) is 8.76. The fraction of sp³-hybridized carbons (Fsp3) is 0.733. The summed E-state index contributed by atoms with van der Waals surface area (Å²) in [6, 6.07) is 1.86. The maximum atomic E-state index is 6.07. The average Bonchev–Trinajstić information content (AvgIpc) is 2.98. The van der Waals surface area contributed by atoms with Crippen LogP contribution in [-0.2, 0) is 18.9 Å².